The van der Waals surface area contributed by atoms with Crippen LogP contribution in [0.1, 0.15) is 16.4 Å². The third kappa shape index (κ3) is 2.81. The number of H-pyrrole nitrogens is 1. The van der Waals surface area contributed by atoms with Crippen LogP contribution in [0, 0.1) is 21.4 Å². The number of aromatic amines is 1. The van der Waals surface area contributed by atoms with E-state index in [1.54, 1.807) is 30.3 Å². The van der Waals surface area contributed by atoms with E-state index < -0.39 is 10.8 Å². The summed E-state index contributed by atoms with van der Waals surface area (Å²) >= 11 is 6.94. The molecule has 0 radical (unpaired) electrons. The lowest BCUT2D eigenvalue weighted by Crippen LogP contribution is -2.20. The minimum atomic E-state index is -0.623. The maximum atomic E-state index is 11.1. The molecule has 0 aliphatic carbocycles. The maximum absolute atomic E-state index is 11.1. The van der Waals surface area contributed by atoms with E-state index >= 15 is 0 Å². The fourth-order valence-corrected chi connectivity index (χ4v) is 4.03. The summed E-state index contributed by atoms with van der Waals surface area (Å²) in [5, 5.41) is 28.3. The molecule has 4 rings (SSSR count). The van der Waals surface area contributed by atoms with Crippen LogP contribution in [0.15, 0.2) is 47.9 Å². The van der Waals surface area contributed by atoms with Crippen LogP contribution in [0.4, 0.5) is 5.00 Å². The molecule has 3 aromatic rings. The van der Waals surface area contributed by atoms with E-state index in [1.165, 1.54) is 6.07 Å². The number of nitriles is 1. The number of fused-ring (bicyclic) bond motifs is 1. The van der Waals surface area contributed by atoms with Gasteiger partial charge in [0, 0.05) is 21.5 Å². The second kappa shape index (κ2) is 6.42. The molecular weight excluding hydrogens is 390 g/mol. The first-order valence-electron chi connectivity index (χ1n) is 7.65. The normalized spacial score (nSPS) is 15.8. The molecule has 0 saturated carbocycles. The zero-order chi connectivity index (χ0) is 19.1. The highest BCUT2D eigenvalue weighted by atomic mass is 35.5. The van der Waals surface area contributed by atoms with E-state index in [0.717, 1.165) is 16.9 Å². The van der Waals surface area contributed by atoms with E-state index in [-0.39, 0.29) is 22.3 Å². The highest BCUT2D eigenvalue weighted by Crippen LogP contribution is 2.48. The molecule has 0 spiro atoms. The van der Waals surface area contributed by atoms with Crippen LogP contribution in [0.2, 0.25) is 5.02 Å². The van der Waals surface area contributed by atoms with Gasteiger partial charge in [0.1, 0.15) is 11.6 Å². The van der Waals surface area contributed by atoms with Gasteiger partial charge in [-0.3, -0.25) is 15.2 Å². The predicted octanol–water partition coefficient (Wildman–Crippen LogP) is 3.92. The summed E-state index contributed by atoms with van der Waals surface area (Å²) < 4.78 is 5.50. The first kappa shape index (κ1) is 17.1. The van der Waals surface area contributed by atoms with Crippen LogP contribution >= 0.6 is 22.9 Å². The Morgan fingerprint density at radius 1 is 1.33 bits per heavy atom. The summed E-state index contributed by atoms with van der Waals surface area (Å²) in [5.74, 6) is -0.459. The number of ether oxygens (including phenoxy) is 1. The lowest BCUT2D eigenvalue weighted by Gasteiger charge is -2.22. The topological polar surface area (TPSA) is 131 Å². The van der Waals surface area contributed by atoms with Gasteiger partial charge in [0.25, 0.3) is 0 Å². The molecule has 0 amide bonds. The molecule has 1 aliphatic rings. The van der Waals surface area contributed by atoms with Crippen molar-refractivity contribution < 1.29 is 9.66 Å². The van der Waals surface area contributed by atoms with Crippen LogP contribution in [0.25, 0.3) is 11.3 Å². The molecule has 1 aliphatic heterocycles. The summed E-state index contributed by atoms with van der Waals surface area (Å²) in [6.07, 6.45) is 0. The zero-order valence-corrected chi connectivity index (χ0v) is 15.0. The van der Waals surface area contributed by atoms with Gasteiger partial charge in [-0.2, -0.15) is 5.26 Å². The minimum Gasteiger partial charge on any atom is -0.420 e. The fourth-order valence-electron chi connectivity index (χ4n) is 2.96. The van der Waals surface area contributed by atoms with Crippen LogP contribution in [0.3, 0.4) is 0 Å². The number of nitro groups is 1. The smallest absolute Gasteiger partial charge is 0.324 e. The minimum absolute atomic E-state index is 0.0227. The number of halogens is 1. The molecule has 0 fully saturated rings. The Balaban J connectivity index is 1.92. The molecular formula is C17H10ClN5O3S. The van der Waals surface area contributed by atoms with E-state index in [4.69, 9.17) is 22.1 Å². The molecule has 1 unspecified atom stereocenters. The largest absolute Gasteiger partial charge is 0.420 e. The second-order valence-electron chi connectivity index (χ2n) is 5.68. The number of aromatic nitrogens is 2. The molecule has 0 bridgehead atoms. The van der Waals surface area contributed by atoms with Gasteiger partial charge in [-0.1, -0.05) is 35.1 Å². The van der Waals surface area contributed by atoms with Crippen molar-refractivity contribution in [3.05, 3.63) is 73.4 Å². The average Bonchev–Trinajstić information content (AvgIpc) is 3.28. The van der Waals surface area contributed by atoms with E-state index in [9.17, 15) is 15.4 Å². The molecule has 2 aromatic heterocycles. The van der Waals surface area contributed by atoms with Gasteiger partial charge in [-0.25, -0.2) is 0 Å². The number of hydrogen-bond donors (Lipinski definition) is 2. The first-order chi connectivity index (χ1) is 13.0. The summed E-state index contributed by atoms with van der Waals surface area (Å²) in [5.41, 5.74) is 8.09. The SMILES string of the molecule is N#CC1=C(N)Oc2n[nH]c(-c3ccc(Cl)cc3)c2C1c1ccc([N+](=O)[O-])s1. The number of thiophene rings is 1. The van der Waals surface area contributed by atoms with Crippen molar-refractivity contribution in [2.24, 2.45) is 5.73 Å². The summed E-state index contributed by atoms with van der Waals surface area (Å²) in [6, 6.07) is 12.2. The molecule has 10 heteroatoms. The molecule has 8 nitrogen and oxygen atoms in total. The second-order valence-corrected chi connectivity index (χ2v) is 7.21. The summed E-state index contributed by atoms with van der Waals surface area (Å²) in [4.78, 5) is 11.2. The lowest BCUT2D eigenvalue weighted by atomic mass is 9.87. The Labute approximate surface area is 161 Å². The van der Waals surface area contributed by atoms with E-state index in [2.05, 4.69) is 16.3 Å². The Bertz CT molecular complexity index is 1130. The number of allylic oxidation sites excluding steroid dienone is 1. The van der Waals surface area contributed by atoms with Crippen molar-refractivity contribution in [1.82, 2.24) is 10.2 Å². The Kier molecular flexibility index (Phi) is 4.07. The van der Waals surface area contributed by atoms with Crippen LogP contribution in [-0.4, -0.2) is 15.1 Å². The van der Waals surface area contributed by atoms with Crippen molar-refractivity contribution >= 4 is 27.9 Å². The summed E-state index contributed by atoms with van der Waals surface area (Å²) in [6.45, 7) is 0. The summed E-state index contributed by atoms with van der Waals surface area (Å²) in [7, 11) is 0. The molecule has 0 saturated heterocycles. The van der Waals surface area contributed by atoms with E-state index in [1.807, 2.05) is 0 Å². The number of hydrogen-bond acceptors (Lipinski definition) is 7. The third-order valence-electron chi connectivity index (χ3n) is 4.15. The Morgan fingerprint density at radius 3 is 2.70 bits per heavy atom. The standard InChI is InChI=1S/C17H10ClN5O3S/c18-9-3-1-8(2-4-9)15-14-13(11-5-6-12(27-11)23(24)25)10(7-19)16(20)26-17(14)22-21-15/h1-6,13H,20H2,(H,21,22). The quantitative estimate of drug-likeness (QED) is 0.507. The molecule has 27 heavy (non-hydrogen) atoms. The Hall–Kier alpha value is -3.35. The van der Waals surface area contributed by atoms with Gasteiger partial charge in [-0.05, 0) is 18.2 Å². The van der Waals surface area contributed by atoms with Crippen molar-refractivity contribution in [3.8, 4) is 23.2 Å². The van der Waals surface area contributed by atoms with Gasteiger partial charge >= 0.3 is 5.00 Å². The average molecular weight is 400 g/mol. The van der Waals surface area contributed by atoms with Gasteiger partial charge < -0.3 is 10.5 Å². The number of benzene rings is 1. The zero-order valence-electron chi connectivity index (χ0n) is 13.5. The fraction of sp³-hybridized carbons (Fsp3) is 0.0588. The highest BCUT2D eigenvalue weighted by Gasteiger charge is 2.37. The first-order valence-corrected chi connectivity index (χ1v) is 8.85. The Morgan fingerprint density at radius 2 is 2.07 bits per heavy atom. The maximum Gasteiger partial charge on any atom is 0.324 e. The number of nitrogens with zero attached hydrogens (tertiary/aromatic N) is 3. The van der Waals surface area contributed by atoms with E-state index in [0.29, 0.717) is 21.2 Å². The predicted molar refractivity (Wildman–Crippen MR) is 99.3 cm³/mol. The van der Waals surface area contributed by atoms with Gasteiger partial charge in [0.05, 0.1) is 22.1 Å². The monoisotopic (exact) mass is 399 g/mol. The molecule has 3 N–H and O–H groups in total. The van der Waals surface area contributed by atoms with Crippen LogP contribution < -0.4 is 10.5 Å². The van der Waals surface area contributed by atoms with Gasteiger partial charge in [0.15, 0.2) is 0 Å². The van der Waals surface area contributed by atoms with Gasteiger partial charge in [0.2, 0.25) is 11.8 Å². The lowest BCUT2D eigenvalue weighted by molar-refractivity contribution is -0.380. The number of rotatable bonds is 3. The molecule has 134 valence electrons. The van der Waals surface area contributed by atoms with Crippen molar-refractivity contribution in [3.63, 3.8) is 0 Å². The highest BCUT2D eigenvalue weighted by molar-refractivity contribution is 7.15. The van der Waals surface area contributed by atoms with Gasteiger partial charge in [-0.15, -0.1) is 5.10 Å². The molecule has 1 aromatic carbocycles. The van der Waals surface area contributed by atoms with Crippen molar-refractivity contribution in [2.75, 3.05) is 0 Å². The van der Waals surface area contributed by atoms with Crippen LogP contribution in [0.5, 0.6) is 5.88 Å². The van der Waals surface area contributed by atoms with Crippen molar-refractivity contribution in [1.29, 1.82) is 5.26 Å². The number of nitrogens with two attached hydrogens (primary N) is 1. The third-order valence-corrected chi connectivity index (χ3v) is 5.50. The van der Waals surface area contributed by atoms with Crippen LogP contribution in [-0.2, 0) is 0 Å². The molecule has 3 heterocycles. The molecule has 1 atom stereocenters. The number of nitrogens with one attached hydrogen (secondary N) is 1. The van der Waals surface area contributed by atoms with Crippen molar-refractivity contribution in [2.45, 2.75) is 5.92 Å².